The van der Waals surface area contributed by atoms with Crippen LogP contribution in [-0.4, -0.2) is 65.8 Å². The summed E-state index contributed by atoms with van der Waals surface area (Å²) in [5, 5.41) is 9.71. The van der Waals surface area contributed by atoms with Crippen LogP contribution < -0.4 is 5.84 Å². The van der Waals surface area contributed by atoms with Crippen molar-refractivity contribution in [3.8, 4) is 0 Å². The maximum atomic E-state index is 4.96. The molecular weight excluding hydrogens is 170 g/mol. The molecular formula is CH5N5Sr. The molecule has 7 heavy (non-hydrogen) atoms. The molecule has 0 aliphatic heterocycles. The Kier molecular flexibility index (Phi) is 3.53. The zero-order valence-electron chi connectivity index (χ0n) is 2.94. The fraction of sp³-hybridized carbons (Fsp3) is 0. The molecule has 1 heterocycles. The van der Waals surface area contributed by atoms with Crippen molar-refractivity contribution in [2.75, 3.05) is 5.84 Å². The van der Waals surface area contributed by atoms with Gasteiger partial charge in [0.15, 0.2) is 6.33 Å². The third-order valence-corrected chi connectivity index (χ3v) is 0.365. The average Bonchev–Trinajstić information content (AvgIpc) is 1.86. The summed E-state index contributed by atoms with van der Waals surface area (Å²) < 4.78 is 0. The zero-order chi connectivity index (χ0) is 4.41. The fourth-order valence-corrected chi connectivity index (χ4v) is 0.168. The number of aromatic nitrogens is 4. The summed E-state index contributed by atoms with van der Waals surface area (Å²) >= 11 is 0. The number of hydrogen-bond acceptors (Lipinski definition) is 4. The van der Waals surface area contributed by atoms with Crippen LogP contribution in [0.25, 0.3) is 0 Å². The summed E-state index contributed by atoms with van der Waals surface area (Å²) in [6.45, 7) is 0. The first-order valence-electron chi connectivity index (χ1n) is 1.37. The van der Waals surface area contributed by atoms with Gasteiger partial charge in [-0.05, 0) is 10.4 Å². The number of hydrogen-bond donors (Lipinski definition) is 1. The molecule has 0 amide bonds. The van der Waals surface area contributed by atoms with Crippen LogP contribution in [0.4, 0.5) is 0 Å². The number of nitrogens with zero attached hydrogens (tertiary/aromatic N) is 4. The Bertz CT molecular complexity index is 112. The third kappa shape index (κ3) is 2.22. The van der Waals surface area contributed by atoms with E-state index < -0.39 is 0 Å². The number of rotatable bonds is 0. The summed E-state index contributed by atoms with van der Waals surface area (Å²) in [5.41, 5.74) is 0. The minimum atomic E-state index is 0. The van der Waals surface area contributed by atoms with E-state index in [9.17, 15) is 0 Å². The van der Waals surface area contributed by atoms with E-state index in [1.54, 1.807) is 0 Å². The van der Waals surface area contributed by atoms with Crippen LogP contribution in [0.15, 0.2) is 6.33 Å². The van der Waals surface area contributed by atoms with Gasteiger partial charge in [0.05, 0.1) is 0 Å². The summed E-state index contributed by atoms with van der Waals surface area (Å²) in [5.74, 6) is 4.96. The van der Waals surface area contributed by atoms with Crippen molar-refractivity contribution in [2.45, 2.75) is 0 Å². The average molecular weight is 175 g/mol. The van der Waals surface area contributed by atoms with Gasteiger partial charge in [-0.1, -0.05) is 0 Å². The maximum absolute atomic E-state index is 4.96. The molecule has 0 spiro atoms. The van der Waals surface area contributed by atoms with Crippen LogP contribution in [0.2, 0.25) is 0 Å². The Labute approximate surface area is 77.1 Å². The molecule has 0 aromatic carbocycles. The fourth-order valence-electron chi connectivity index (χ4n) is 0.168. The van der Waals surface area contributed by atoms with Gasteiger partial charge < -0.3 is 5.84 Å². The van der Waals surface area contributed by atoms with Gasteiger partial charge in [0.1, 0.15) is 0 Å². The minimum absolute atomic E-state index is 0. The third-order valence-electron chi connectivity index (χ3n) is 0.365. The Hall–Kier alpha value is 0.351. The summed E-state index contributed by atoms with van der Waals surface area (Å²) in [7, 11) is 0. The monoisotopic (exact) mass is 175 g/mol. The van der Waals surface area contributed by atoms with Crippen molar-refractivity contribution >= 4 is 45.5 Å². The number of tetrazole rings is 1. The molecule has 5 nitrogen and oxygen atoms in total. The van der Waals surface area contributed by atoms with E-state index >= 15 is 0 Å². The molecule has 0 fully saturated rings. The Morgan fingerprint density at radius 1 is 1.57 bits per heavy atom. The normalized spacial score (nSPS) is 7.43. The molecule has 0 saturated heterocycles. The summed E-state index contributed by atoms with van der Waals surface area (Å²) in [6.07, 6.45) is 1.31. The Morgan fingerprint density at radius 2 is 2.29 bits per heavy atom. The van der Waals surface area contributed by atoms with Crippen LogP contribution in [0.1, 0.15) is 0 Å². The second-order valence-corrected chi connectivity index (χ2v) is 0.790. The molecule has 0 aliphatic carbocycles. The molecule has 36 valence electrons. The first-order chi connectivity index (χ1) is 2.89. The van der Waals surface area contributed by atoms with Crippen molar-refractivity contribution in [3.63, 3.8) is 0 Å². The Balaban J connectivity index is 0.000000360. The van der Waals surface area contributed by atoms with E-state index in [4.69, 9.17) is 5.84 Å². The number of nitrogens with two attached hydrogens (primary N) is 1. The quantitative estimate of drug-likeness (QED) is 0.348. The molecule has 0 unspecified atom stereocenters. The summed E-state index contributed by atoms with van der Waals surface area (Å²) in [6, 6.07) is 0. The van der Waals surface area contributed by atoms with Crippen molar-refractivity contribution in [2.24, 2.45) is 0 Å². The van der Waals surface area contributed by atoms with Crippen molar-refractivity contribution in [1.29, 1.82) is 0 Å². The van der Waals surface area contributed by atoms with Gasteiger partial charge in [-0.15, -0.1) is 9.89 Å². The van der Waals surface area contributed by atoms with Crippen molar-refractivity contribution in [1.82, 2.24) is 20.3 Å². The molecule has 0 atom stereocenters. The first-order valence-corrected chi connectivity index (χ1v) is 1.37. The van der Waals surface area contributed by atoms with Crippen LogP contribution in [-0.2, 0) is 0 Å². The second kappa shape index (κ2) is 3.36. The molecule has 0 radical (unpaired) electrons. The van der Waals surface area contributed by atoms with Gasteiger partial charge in [-0.2, -0.15) is 0 Å². The molecule has 1 aromatic heterocycles. The van der Waals surface area contributed by atoms with Gasteiger partial charge >= 0.3 is 45.5 Å². The SMILES string of the molecule is Nn1cnnn1.[SrH2]. The summed E-state index contributed by atoms with van der Waals surface area (Å²) in [4.78, 5) is 1.03. The predicted molar refractivity (Wildman–Crippen MR) is 26.5 cm³/mol. The molecule has 1 aromatic rings. The van der Waals surface area contributed by atoms with Crippen LogP contribution in [0, 0.1) is 0 Å². The van der Waals surface area contributed by atoms with Crippen molar-refractivity contribution < 1.29 is 0 Å². The van der Waals surface area contributed by atoms with Crippen LogP contribution in [0.3, 0.4) is 0 Å². The molecule has 0 bridgehead atoms. The van der Waals surface area contributed by atoms with Gasteiger partial charge in [-0.3, -0.25) is 0 Å². The van der Waals surface area contributed by atoms with Gasteiger partial charge in [0.2, 0.25) is 0 Å². The molecule has 1 rings (SSSR count). The van der Waals surface area contributed by atoms with Crippen LogP contribution in [0.5, 0.6) is 0 Å². The standard InChI is InChI=1S/CH3N5.Sr.2H/c2-6-1-3-4-5-6;;;/h1H,2H2;;;. The predicted octanol–water partition coefficient (Wildman–Crippen LogP) is -2.53. The van der Waals surface area contributed by atoms with Gasteiger partial charge in [-0.25, -0.2) is 0 Å². The van der Waals surface area contributed by atoms with E-state index in [1.807, 2.05) is 0 Å². The van der Waals surface area contributed by atoms with E-state index in [0.717, 1.165) is 4.79 Å². The molecule has 2 N–H and O–H groups in total. The molecule has 0 saturated carbocycles. The first kappa shape index (κ1) is 7.35. The van der Waals surface area contributed by atoms with E-state index in [-0.39, 0.29) is 45.5 Å². The Morgan fingerprint density at radius 3 is 2.43 bits per heavy atom. The molecule has 6 heteroatoms. The van der Waals surface area contributed by atoms with E-state index in [0.29, 0.717) is 0 Å². The zero-order valence-corrected chi connectivity index (χ0v) is 2.94. The number of nitrogen functional groups attached to an aromatic ring is 1. The van der Waals surface area contributed by atoms with Gasteiger partial charge in [0, 0.05) is 0 Å². The van der Waals surface area contributed by atoms with E-state index in [2.05, 4.69) is 15.5 Å². The van der Waals surface area contributed by atoms with Crippen LogP contribution >= 0.6 is 0 Å². The van der Waals surface area contributed by atoms with Crippen molar-refractivity contribution in [3.05, 3.63) is 6.33 Å². The van der Waals surface area contributed by atoms with E-state index in [1.165, 1.54) is 6.33 Å². The molecule has 0 aliphatic rings. The second-order valence-electron chi connectivity index (χ2n) is 0.790. The topological polar surface area (TPSA) is 69.6 Å². The van der Waals surface area contributed by atoms with Gasteiger partial charge in [0.25, 0.3) is 0 Å².